The first-order chi connectivity index (χ1) is 13.3. The number of hydrogen-bond donors (Lipinski definition) is 2. The van der Waals surface area contributed by atoms with Gasteiger partial charge in [0.25, 0.3) is 0 Å². The van der Waals surface area contributed by atoms with E-state index in [-0.39, 0.29) is 11.6 Å². The predicted molar refractivity (Wildman–Crippen MR) is 115 cm³/mol. The summed E-state index contributed by atoms with van der Waals surface area (Å²) in [6.45, 7) is 8.66. The number of halogens is 1. The van der Waals surface area contributed by atoms with E-state index in [0.717, 1.165) is 33.2 Å². The van der Waals surface area contributed by atoms with Crippen LogP contribution in [0.2, 0.25) is 5.02 Å². The van der Waals surface area contributed by atoms with Gasteiger partial charge in [-0.25, -0.2) is 4.79 Å². The van der Waals surface area contributed by atoms with Crippen molar-refractivity contribution in [2.75, 3.05) is 11.9 Å². The van der Waals surface area contributed by atoms with E-state index in [1.807, 2.05) is 52.0 Å². The Morgan fingerprint density at radius 2 is 1.86 bits per heavy atom. The molecule has 0 fully saturated rings. The van der Waals surface area contributed by atoms with E-state index in [1.54, 1.807) is 17.0 Å². The molecule has 2 amide bonds. The zero-order chi connectivity index (χ0) is 20.4. The Morgan fingerprint density at radius 1 is 1.11 bits per heavy atom. The van der Waals surface area contributed by atoms with Crippen LogP contribution in [0.5, 0.6) is 0 Å². The second kappa shape index (κ2) is 8.07. The standard InChI is InChI=1S/C22H24ClN3O2/c1-5-26(22(28)24-19-7-6-13(2)10-18(19)23)12-16-11-20(27)25-21-15(4)8-14(3)9-17(16)21/h6-11H,5,12H2,1-4H3,(H,24,28)(H,25,27). The van der Waals surface area contributed by atoms with Crippen LogP contribution in [-0.2, 0) is 6.54 Å². The number of H-pyrrole nitrogens is 1. The average Bonchev–Trinajstić information content (AvgIpc) is 2.62. The van der Waals surface area contributed by atoms with Crippen molar-refractivity contribution in [2.24, 2.45) is 0 Å². The molecule has 28 heavy (non-hydrogen) atoms. The van der Waals surface area contributed by atoms with Crippen LogP contribution < -0.4 is 10.9 Å². The Kier molecular flexibility index (Phi) is 5.75. The molecule has 0 bridgehead atoms. The lowest BCUT2D eigenvalue weighted by atomic mass is 10.0. The number of benzene rings is 2. The van der Waals surface area contributed by atoms with Gasteiger partial charge in [-0.3, -0.25) is 4.79 Å². The average molecular weight is 398 g/mol. The van der Waals surface area contributed by atoms with Crippen molar-refractivity contribution in [1.82, 2.24) is 9.88 Å². The molecule has 3 aromatic rings. The summed E-state index contributed by atoms with van der Waals surface area (Å²) in [5.41, 5.74) is 5.16. The largest absolute Gasteiger partial charge is 0.322 e. The highest BCUT2D eigenvalue weighted by molar-refractivity contribution is 6.33. The summed E-state index contributed by atoms with van der Waals surface area (Å²) < 4.78 is 0. The molecule has 0 atom stereocenters. The summed E-state index contributed by atoms with van der Waals surface area (Å²) in [7, 11) is 0. The number of urea groups is 1. The molecule has 2 aromatic carbocycles. The van der Waals surface area contributed by atoms with Crippen LogP contribution in [0.1, 0.15) is 29.2 Å². The fourth-order valence-corrected chi connectivity index (χ4v) is 3.64. The second-order valence-corrected chi connectivity index (χ2v) is 7.50. The number of nitrogens with one attached hydrogen (secondary N) is 2. The molecular formula is C22H24ClN3O2. The lowest BCUT2D eigenvalue weighted by molar-refractivity contribution is 0.212. The number of fused-ring (bicyclic) bond motifs is 1. The number of anilines is 1. The van der Waals surface area contributed by atoms with Gasteiger partial charge in [0, 0.05) is 24.5 Å². The van der Waals surface area contributed by atoms with Gasteiger partial charge in [0.15, 0.2) is 0 Å². The Morgan fingerprint density at radius 3 is 2.54 bits per heavy atom. The minimum atomic E-state index is -0.258. The van der Waals surface area contributed by atoms with Gasteiger partial charge in [0.2, 0.25) is 5.56 Å². The van der Waals surface area contributed by atoms with Crippen molar-refractivity contribution in [3.63, 3.8) is 0 Å². The molecule has 3 rings (SSSR count). The Balaban J connectivity index is 1.92. The molecule has 0 unspecified atom stereocenters. The Hall–Kier alpha value is -2.79. The molecular weight excluding hydrogens is 374 g/mol. The molecule has 0 saturated heterocycles. The van der Waals surface area contributed by atoms with E-state index in [0.29, 0.717) is 23.8 Å². The number of pyridine rings is 1. The smallest absolute Gasteiger partial charge is 0.322 e. The first-order valence-corrected chi connectivity index (χ1v) is 9.61. The molecule has 0 aliphatic heterocycles. The highest BCUT2D eigenvalue weighted by Gasteiger charge is 2.16. The van der Waals surface area contributed by atoms with Gasteiger partial charge >= 0.3 is 6.03 Å². The summed E-state index contributed by atoms with van der Waals surface area (Å²) in [5, 5.41) is 4.32. The third-order valence-corrected chi connectivity index (χ3v) is 5.09. The van der Waals surface area contributed by atoms with E-state index >= 15 is 0 Å². The number of aromatic nitrogens is 1. The summed E-state index contributed by atoms with van der Waals surface area (Å²) in [6, 6.07) is 10.9. The van der Waals surface area contributed by atoms with Gasteiger partial charge in [-0.05, 0) is 62.6 Å². The summed E-state index contributed by atoms with van der Waals surface area (Å²) >= 11 is 6.24. The van der Waals surface area contributed by atoms with Gasteiger partial charge in [-0.1, -0.05) is 29.3 Å². The first-order valence-electron chi connectivity index (χ1n) is 9.23. The van der Waals surface area contributed by atoms with E-state index < -0.39 is 0 Å². The van der Waals surface area contributed by atoms with Crippen LogP contribution in [0, 0.1) is 20.8 Å². The van der Waals surface area contributed by atoms with Gasteiger partial charge in [-0.15, -0.1) is 0 Å². The number of nitrogens with zero attached hydrogens (tertiary/aromatic N) is 1. The minimum absolute atomic E-state index is 0.174. The lowest BCUT2D eigenvalue weighted by Gasteiger charge is -2.23. The highest BCUT2D eigenvalue weighted by Crippen LogP contribution is 2.25. The van der Waals surface area contributed by atoms with Crippen LogP contribution >= 0.6 is 11.6 Å². The fourth-order valence-electron chi connectivity index (χ4n) is 3.36. The number of carbonyl (C=O) groups is 1. The lowest BCUT2D eigenvalue weighted by Crippen LogP contribution is -2.34. The van der Waals surface area contributed by atoms with E-state index in [4.69, 9.17) is 11.6 Å². The SMILES string of the molecule is CCN(Cc1cc(=O)[nH]c2c(C)cc(C)cc12)C(=O)Nc1ccc(C)cc1Cl. The molecule has 1 heterocycles. The topological polar surface area (TPSA) is 65.2 Å². The van der Waals surface area contributed by atoms with E-state index in [1.165, 1.54) is 0 Å². The zero-order valence-electron chi connectivity index (χ0n) is 16.5. The Labute approximate surface area is 169 Å². The molecule has 0 spiro atoms. The molecule has 0 radical (unpaired) electrons. The maximum Gasteiger partial charge on any atom is 0.322 e. The van der Waals surface area contributed by atoms with Crippen molar-refractivity contribution in [2.45, 2.75) is 34.2 Å². The third kappa shape index (κ3) is 4.20. The van der Waals surface area contributed by atoms with Crippen LogP contribution in [0.25, 0.3) is 10.9 Å². The summed E-state index contributed by atoms with van der Waals surface area (Å²) in [4.78, 5) is 29.5. The zero-order valence-corrected chi connectivity index (χ0v) is 17.3. The summed E-state index contributed by atoms with van der Waals surface area (Å²) in [5.74, 6) is 0. The molecule has 5 nitrogen and oxygen atoms in total. The van der Waals surface area contributed by atoms with Crippen LogP contribution in [-0.4, -0.2) is 22.5 Å². The maximum atomic E-state index is 12.8. The van der Waals surface area contributed by atoms with Gasteiger partial charge in [0.05, 0.1) is 16.2 Å². The molecule has 6 heteroatoms. The van der Waals surface area contributed by atoms with Gasteiger partial charge < -0.3 is 15.2 Å². The minimum Gasteiger partial charge on any atom is -0.322 e. The van der Waals surface area contributed by atoms with Crippen molar-refractivity contribution in [3.8, 4) is 0 Å². The molecule has 146 valence electrons. The molecule has 1 aromatic heterocycles. The number of aromatic amines is 1. The van der Waals surface area contributed by atoms with Crippen LogP contribution in [0.3, 0.4) is 0 Å². The van der Waals surface area contributed by atoms with Crippen LogP contribution in [0.15, 0.2) is 41.2 Å². The molecule has 0 saturated carbocycles. The van der Waals surface area contributed by atoms with Crippen molar-refractivity contribution in [3.05, 3.63) is 74.0 Å². The monoisotopic (exact) mass is 397 g/mol. The first kappa shape index (κ1) is 20.0. The van der Waals surface area contributed by atoms with Gasteiger partial charge in [0.1, 0.15) is 0 Å². The highest BCUT2D eigenvalue weighted by atomic mass is 35.5. The quantitative estimate of drug-likeness (QED) is 0.638. The van der Waals surface area contributed by atoms with Crippen molar-refractivity contribution < 1.29 is 4.79 Å². The van der Waals surface area contributed by atoms with E-state index in [2.05, 4.69) is 10.3 Å². The molecule has 0 aliphatic carbocycles. The fraction of sp³-hybridized carbons (Fsp3) is 0.273. The second-order valence-electron chi connectivity index (χ2n) is 7.09. The molecule has 2 N–H and O–H groups in total. The van der Waals surface area contributed by atoms with Gasteiger partial charge in [-0.2, -0.15) is 0 Å². The number of aryl methyl sites for hydroxylation is 3. The van der Waals surface area contributed by atoms with Crippen molar-refractivity contribution in [1.29, 1.82) is 0 Å². The van der Waals surface area contributed by atoms with E-state index in [9.17, 15) is 9.59 Å². The molecule has 0 aliphatic rings. The maximum absolute atomic E-state index is 12.8. The number of hydrogen-bond acceptors (Lipinski definition) is 2. The number of amides is 2. The predicted octanol–water partition coefficient (Wildman–Crippen LogP) is 5.16. The van der Waals surface area contributed by atoms with Crippen molar-refractivity contribution >= 4 is 34.2 Å². The summed E-state index contributed by atoms with van der Waals surface area (Å²) in [6.07, 6.45) is 0. The number of carbonyl (C=O) groups excluding carboxylic acids is 1. The van der Waals surface area contributed by atoms with Crippen LogP contribution in [0.4, 0.5) is 10.5 Å². The normalized spacial score (nSPS) is 10.9. The number of rotatable bonds is 4. The Bertz CT molecular complexity index is 1100. The third-order valence-electron chi connectivity index (χ3n) is 4.78.